The highest BCUT2D eigenvalue weighted by molar-refractivity contribution is 6.02. The Hall–Kier alpha value is -2.96. The van der Waals surface area contributed by atoms with Crippen LogP contribution in [0.15, 0.2) is 18.2 Å². The van der Waals surface area contributed by atoms with Gasteiger partial charge in [0.15, 0.2) is 17.3 Å². The lowest BCUT2D eigenvalue weighted by Gasteiger charge is -2.34. The van der Waals surface area contributed by atoms with Crippen LogP contribution in [0.4, 0.5) is 5.69 Å². The van der Waals surface area contributed by atoms with Gasteiger partial charge in [0.05, 0.1) is 11.3 Å². The number of aryl methyl sites for hydroxylation is 1. The molecule has 3 heterocycles. The number of hydrogen-bond acceptors (Lipinski definition) is 5. The average molecular weight is 397 g/mol. The maximum Gasteiger partial charge on any atom is 0.256 e. The minimum Gasteiger partial charge on any atom is -0.486 e. The predicted molar refractivity (Wildman–Crippen MR) is 110 cm³/mol. The fourth-order valence-electron chi connectivity index (χ4n) is 4.23. The van der Waals surface area contributed by atoms with Crippen molar-refractivity contribution < 1.29 is 19.1 Å². The highest BCUT2D eigenvalue weighted by Gasteiger charge is 2.29. The number of Topliss-reactive ketones (excluding diaryl/α,β-unsaturated/α-hetero) is 1. The van der Waals surface area contributed by atoms with E-state index in [0.717, 1.165) is 47.8 Å². The van der Waals surface area contributed by atoms with Crippen LogP contribution in [0.3, 0.4) is 0 Å². The van der Waals surface area contributed by atoms with E-state index in [2.05, 4.69) is 10.3 Å². The summed E-state index contributed by atoms with van der Waals surface area (Å²) in [5, 5.41) is 3.53. The molecule has 4 rings (SSSR count). The number of aromatic amines is 1. The molecule has 7 nitrogen and oxygen atoms in total. The number of carbonyl (C=O) groups is 2. The molecule has 1 aromatic heterocycles. The van der Waals surface area contributed by atoms with Gasteiger partial charge in [-0.2, -0.15) is 0 Å². The first-order valence-corrected chi connectivity index (χ1v) is 10.1. The molecule has 0 saturated carbocycles. The third-order valence-corrected chi connectivity index (χ3v) is 5.62. The number of piperidine rings is 1. The van der Waals surface area contributed by atoms with E-state index >= 15 is 0 Å². The number of benzene rings is 1. The molecule has 7 heteroatoms. The van der Waals surface area contributed by atoms with Gasteiger partial charge in [-0.3, -0.25) is 9.59 Å². The zero-order valence-corrected chi connectivity index (χ0v) is 17.1. The number of anilines is 1. The standard InChI is InChI=1S/C22H27N3O4/c1-13-20(14(2)23-21(13)15(3)26)22(27)25-8-4-5-17(12-25)24-16-6-7-18-19(11-16)29-10-9-28-18/h6-7,11,17,23-24H,4-5,8-10,12H2,1-3H3/t17-/m1/s1. The number of carbonyl (C=O) groups excluding carboxylic acids is 2. The van der Waals surface area contributed by atoms with Gasteiger partial charge in [0.25, 0.3) is 5.91 Å². The normalized spacial score (nSPS) is 18.4. The van der Waals surface area contributed by atoms with Gasteiger partial charge in [-0.25, -0.2) is 0 Å². The molecule has 0 bridgehead atoms. The van der Waals surface area contributed by atoms with Crippen LogP contribution < -0.4 is 14.8 Å². The van der Waals surface area contributed by atoms with Gasteiger partial charge in [-0.15, -0.1) is 0 Å². The number of likely N-dealkylation sites (tertiary alicyclic amines) is 1. The van der Waals surface area contributed by atoms with E-state index in [-0.39, 0.29) is 17.7 Å². The van der Waals surface area contributed by atoms with Crippen LogP contribution in [0.2, 0.25) is 0 Å². The fourth-order valence-corrected chi connectivity index (χ4v) is 4.23. The van der Waals surface area contributed by atoms with E-state index in [1.54, 1.807) is 0 Å². The molecule has 1 amide bonds. The van der Waals surface area contributed by atoms with Crippen LogP contribution in [0, 0.1) is 13.8 Å². The van der Waals surface area contributed by atoms with Crippen molar-refractivity contribution in [3.05, 3.63) is 40.7 Å². The Bertz CT molecular complexity index is 950. The number of aromatic nitrogens is 1. The summed E-state index contributed by atoms with van der Waals surface area (Å²) >= 11 is 0. The average Bonchev–Trinajstić information content (AvgIpc) is 3.02. The minimum atomic E-state index is -0.0542. The number of ketones is 1. The molecule has 0 aliphatic carbocycles. The Morgan fingerprint density at radius 3 is 2.66 bits per heavy atom. The minimum absolute atomic E-state index is 0.0163. The van der Waals surface area contributed by atoms with Gasteiger partial charge in [0, 0.05) is 43.5 Å². The second-order valence-corrected chi connectivity index (χ2v) is 7.77. The van der Waals surface area contributed by atoms with E-state index in [1.807, 2.05) is 36.9 Å². The van der Waals surface area contributed by atoms with Crippen molar-refractivity contribution in [3.8, 4) is 11.5 Å². The van der Waals surface area contributed by atoms with Gasteiger partial charge in [0.1, 0.15) is 13.2 Å². The van der Waals surface area contributed by atoms with Gasteiger partial charge >= 0.3 is 0 Å². The zero-order valence-electron chi connectivity index (χ0n) is 17.1. The summed E-state index contributed by atoms with van der Waals surface area (Å²) in [5.74, 6) is 1.45. The van der Waals surface area contributed by atoms with Crippen LogP contribution in [0.25, 0.3) is 0 Å². The maximum atomic E-state index is 13.2. The summed E-state index contributed by atoms with van der Waals surface area (Å²) in [5.41, 5.74) is 3.59. The maximum absolute atomic E-state index is 13.2. The highest BCUT2D eigenvalue weighted by atomic mass is 16.6. The van der Waals surface area contributed by atoms with Crippen molar-refractivity contribution in [2.45, 2.75) is 39.7 Å². The Balaban J connectivity index is 1.47. The number of ether oxygens (including phenoxy) is 2. The Labute approximate surface area is 170 Å². The third-order valence-electron chi connectivity index (χ3n) is 5.62. The van der Waals surface area contributed by atoms with E-state index in [1.165, 1.54) is 6.92 Å². The van der Waals surface area contributed by atoms with Crippen molar-refractivity contribution in [2.75, 3.05) is 31.6 Å². The molecular formula is C22H27N3O4. The smallest absolute Gasteiger partial charge is 0.256 e. The number of H-pyrrole nitrogens is 1. The topological polar surface area (TPSA) is 83.7 Å². The van der Waals surface area contributed by atoms with E-state index in [0.29, 0.717) is 31.0 Å². The monoisotopic (exact) mass is 397 g/mol. The molecule has 29 heavy (non-hydrogen) atoms. The molecule has 2 aliphatic heterocycles. The highest BCUT2D eigenvalue weighted by Crippen LogP contribution is 2.33. The van der Waals surface area contributed by atoms with Gasteiger partial charge < -0.3 is 24.7 Å². The number of nitrogens with zero attached hydrogens (tertiary/aromatic N) is 1. The number of fused-ring (bicyclic) bond motifs is 1. The fraction of sp³-hybridized carbons (Fsp3) is 0.455. The first-order valence-electron chi connectivity index (χ1n) is 10.1. The number of amides is 1. The molecule has 1 saturated heterocycles. The summed E-state index contributed by atoms with van der Waals surface area (Å²) in [6, 6.07) is 6.00. The largest absolute Gasteiger partial charge is 0.486 e. The second-order valence-electron chi connectivity index (χ2n) is 7.77. The Morgan fingerprint density at radius 1 is 1.17 bits per heavy atom. The summed E-state index contributed by atoms with van der Waals surface area (Å²) < 4.78 is 11.2. The molecule has 1 atom stereocenters. The van der Waals surface area contributed by atoms with E-state index in [4.69, 9.17) is 9.47 Å². The number of rotatable bonds is 4. The Kier molecular flexibility index (Phi) is 5.22. The van der Waals surface area contributed by atoms with Gasteiger partial charge in [-0.05, 0) is 44.4 Å². The molecule has 2 aliphatic rings. The van der Waals surface area contributed by atoms with E-state index in [9.17, 15) is 9.59 Å². The molecule has 1 aromatic carbocycles. The van der Waals surface area contributed by atoms with Crippen LogP contribution in [0.5, 0.6) is 11.5 Å². The van der Waals surface area contributed by atoms with Crippen LogP contribution in [0.1, 0.15) is 51.9 Å². The van der Waals surface area contributed by atoms with Crippen molar-refractivity contribution in [2.24, 2.45) is 0 Å². The summed E-state index contributed by atoms with van der Waals surface area (Å²) in [6.07, 6.45) is 1.91. The van der Waals surface area contributed by atoms with Crippen LogP contribution in [-0.2, 0) is 0 Å². The van der Waals surface area contributed by atoms with Crippen LogP contribution >= 0.6 is 0 Å². The molecule has 0 unspecified atom stereocenters. The first kappa shape index (κ1) is 19.4. The predicted octanol–water partition coefficient (Wildman–Crippen LogP) is 3.32. The van der Waals surface area contributed by atoms with Crippen molar-refractivity contribution in [3.63, 3.8) is 0 Å². The molecule has 0 radical (unpaired) electrons. The lowest BCUT2D eigenvalue weighted by molar-refractivity contribution is 0.0713. The summed E-state index contributed by atoms with van der Waals surface area (Å²) in [4.78, 5) is 30.0. The molecule has 154 valence electrons. The van der Waals surface area contributed by atoms with Gasteiger partial charge in [0.2, 0.25) is 0 Å². The Morgan fingerprint density at radius 2 is 1.93 bits per heavy atom. The third kappa shape index (κ3) is 3.81. The quantitative estimate of drug-likeness (QED) is 0.774. The van der Waals surface area contributed by atoms with Crippen molar-refractivity contribution >= 4 is 17.4 Å². The zero-order chi connectivity index (χ0) is 20.5. The lowest BCUT2D eigenvalue weighted by Crippen LogP contribution is -2.45. The molecule has 2 N–H and O–H groups in total. The summed E-state index contributed by atoms with van der Waals surface area (Å²) in [6.45, 7) is 7.66. The molecule has 0 spiro atoms. The van der Waals surface area contributed by atoms with Gasteiger partial charge in [-0.1, -0.05) is 0 Å². The number of hydrogen-bond donors (Lipinski definition) is 2. The lowest BCUT2D eigenvalue weighted by atomic mass is 10.0. The number of nitrogens with one attached hydrogen (secondary N) is 2. The van der Waals surface area contributed by atoms with Crippen LogP contribution in [-0.4, -0.2) is 53.9 Å². The van der Waals surface area contributed by atoms with E-state index < -0.39 is 0 Å². The van der Waals surface area contributed by atoms with Crippen molar-refractivity contribution in [1.82, 2.24) is 9.88 Å². The second kappa shape index (κ2) is 7.81. The molecule has 2 aromatic rings. The first-order chi connectivity index (χ1) is 13.9. The molecule has 1 fully saturated rings. The SMILES string of the molecule is CC(=O)c1[nH]c(C)c(C(=O)N2CCC[C@@H](Nc3ccc4c(c3)OCCO4)C2)c1C. The summed E-state index contributed by atoms with van der Waals surface area (Å²) in [7, 11) is 0. The molecular weight excluding hydrogens is 370 g/mol. The van der Waals surface area contributed by atoms with Crippen molar-refractivity contribution in [1.29, 1.82) is 0 Å².